The maximum Gasteiger partial charge on any atom is 0.0177 e. The first-order valence-corrected chi connectivity index (χ1v) is 11.4. The molecule has 0 nitrogen and oxygen atoms in total. The third-order valence-corrected chi connectivity index (χ3v) is 5.11. The summed E-state index contributed by atoms with van der Waals surface area (Å²) in [5.74, 6) is 0. The van der Waals surface area contributed by atoms with Crippen LogP contribution in [0.1, 0.15) is 104 Å². The van der Waals surface area contributed by atoms with Crippen LogP contribution in [0.3, 0.4) is 0 Å². The molecule has 0 N–H and O–H groups in total. The van der Waals surface area contributed by atoms with E-state index in [2.05, 4.69) is 42.5 Å². The highest BCUT2D eigenvalue weighted by molar-refractivity contribution is 14.1. The summed E-state index contributed by atoms with van der Waals surface area (Å²) < 4.78 is 1.11. The van der Waals surface area contributed by atoms with Crippen LogP contribution in [-0.4, -0.2) is 4.43 Å². The van der Waals surface area contributed by atoms with Gasteiger partial charge in [-0.3, -0.25) is 0 Å². The molecule has 0 rings (SSSR count). The van der Waals surface area contributed by atoms with Crippen molar-refractivity contribution in [2.24, 2.45) is 0 Å². The first-order valence-electron chi connectivity index (χ1n) is 9.48. The molecule has 0 saturated heterocycles. The van der Waals surface area contributed by atoms with E-state index in [1.54, 1.807) is 5.57 Å². The lowest BCUT2D eigenvalue weighted by atomic mass is 10.00. The summed E-state index contributed by atoms with van der Waals surface area (Å²) >= 11 is 8.64. The second-order valence-electron chi connectivity index (χ2n) is 6.35. The third-order valence-electron chi connectivity index (χ3n) is 4.27. The van der Waals surface area contributed by atoms with Gasteiger partial charge in [0.15, 0.2) is 0 Å². The Morgan fingerprint density at radius 1 is 0.864 bits per heavy atom. The van der Waals surface area contributed by atoms with Gasteiger partial charge in [-0.25, -0.2) is 5.38 Å². The van der Waals surface area contributed by atoms with Gasteiger partial charge in [0.05, 0.1) is 0 Å². The van der Waals surface area contributed by atoms with Crippen molar-refractivity contribution in [2.75, 3.05) is 4.43 Å². The Bertz CT molecular complexity index is 250. The molecule has 0 aliphatic heterocycles. The van der Waals surface area contributed by atoms with Crippen molar-refractivity contribution < 1.29 is 0 Å². The van der Waals surface area contributed by atoms with Gasteiger partial charge in [0.25, 0.3) is 0 Å². The van der Waals surface area contributed by atoms with Gasteiger partial charge in [-0.2, -0.15) is 6.42 Å². The largest absolute Gasteiger partial charge is 0.345 e. The van der Waals surface area contributed by atoms with E-state index >= 15 is 0 Å². The van der Waals surface area contributed by atoms with Crippen molar-refractivity contribution in [1.82, 2.24) is 0 Å². The molecule has 0 amide bonds. The number of unbranched alkanes of at least 4 members (excludes halogenated alkanes) is 10. The molecule has 0 aromatic heterocycles. The Kier molecular flexibility index (Phi) is 18.7. The molecule has 0 atom stereocenters. The van der Waals surface area contributed by atoms with Crippen LogP contribution < -0.4 is 0 Å². The predicted octanol–water partition coefficient (Wildman–Crippen LogP) is 8.62. The summed E-state index contributed by atoms with van der Waals surface area (Å²) in [6.07, 6.45) is 21.2. The molecule has 0 bridgehead atoms. The Hall–Kier alpha value is 0.760. The van der Waals surface area contributed by atoms with E-state index in [0.717, 1.165) is 22.6 Å². The van der Waals surface area contributed by atoms with Crippen LogP contribution in [0.25, 0.3) is 0 Å². The number of rotatable bonds is 16. The lowest BCUT2D eigenvalue weighted by Gasteiger charge is -2.22. The summed E-state index contributed by atoms with van der Waals surface area (Å²) in [6.45, 7) is 4.43. The zero-order chi connectivity index (χ0) is 16.5. The molecule has 2 heteroatoms. The second kappa shape index (κ2) is 18.1. The smallest absolute Gasteiger partial charge is 0.0177 e. The van der Waals surface area contributed by atoms with Gasteiger partial charge in [0.2, 0.25) is 0 Å². The fraction of sp³-hybridized carbons (Fsp3) is 0.850. The van der Waals surface area contributed by atoms with Crippen LogP contribution in [-0.2, 0) is 0 Å². The fourth-order valence-corrected chi connectivity index (χ4v) is 3.55. The molecule has 0 fully saturated rings. The topological polar surface area (TPSA) is 0 Å². The molecule has 0 aromatic carbocycles. The maximum absolute atomic E-state index is 6.21. The van der Waals surface area contributed by atoms with Crippen LogP contribution in [0.4, 0.5) is 0 Å². The van der Waals surface area contributed by atoms with E-state index in [1.165, 1.54) is 77.0 Å². The van der Waals surface area contributed by atoms with Gasteiger partial charge in [-0.15, -0.1) is 12.0 Å². The number of hydrogen-bond acceptors (Lipinski definition) is 0. The normalized spacial score (nSPS) is 12.3. The van der Waals surface area contributed by atoms with Gasteiger partial charge in [0, 0.05) is 4.43 Å². The van der Waals surface area contributed by atoms with E-state index in [-0.39, 0.29) is 0 Å². The summed E-state index contributed by atoms with van der Waals surface area (Å²) in [5, 5.41) is 1.11. The molecule has 0 unspecified atom stereocenters. The van der Waals surface area contributed by atoms with Gasteiger partial charge in [0.1, 0.15) is 0 Å². The van der Waals surface area contributed by atoms with E-state index in [9.17, 15) is 0 Å². The van der Waals surface area contributed by atoms with Crippen molar-refractivity contribution in [3.05, 3.63) is 17.0 Å². The summed E-state index contributed by atoms with van der Waals surface area (Å²) in [6, 6.07) is 0. The highest BCUT2D eigenvalue weighted by Gasteiger charge is 1.98. The SMILES string of the molecule is CCCCCCCCCCCCC/C(=C/CI)C[C-](Cl)CC. The number of allylic oxidation sites excluding steroid dienone is 2. The monoisotopic (exact) mass is 439 g/mol. The standard InChI is InChI=1S/C20H37ClI/c1-3-5-6-7-8-9-10-11-12-13-14-15-19(16-17-22)18-20(21)4-2/h16H,3-15,17-18H2,1-2H3/q-1/b19-16-. The fourth-order valence-electron chi connectivity index (χ4n) is 2.76. The number of hydrogen-bond donors (Lipinski definition) is 0. The number of halogens is 2. The van der Waals surface area contributed by atoms with Crippen LogP contribution in [0.5, 0.6) is 0 Å². The lowest BCUT2D eigenvalue weighted by molar-refractivity contribution is 0.548. The number of alkyl halides is 1. The van der Waals surface area contributed by atoms with Crippen LogP contribution in [0.15, 0.2) is 11.6 Å². The average Bonchev–Trinajstić information content (AvgIpc) is 2.52. The summed E-state index contributed by atoms with van der Waals surface area (Å²) in [5.41, 5.74) is 1.55. The van der Waals surface area contributed by atoms with Gasteiger partial charge >= 0.3 is 0 Å². The zero-order valence-electron chi connectivity index (χ0n) is 14.9. The van der Waals surface area contributed by atoms with Crippen molar-refractivity contribution in [3.63, 3.8) is 0 Å². The van der Waals surface area contributed by atoms with Gasteiger partial charge in [-0.05, 0) is 12.8 Å². The average molecular weight is 440 g/mol. The Morgan fingerprint density at radius 2 is 1.36 bits per heavy atom. The Morgan fingerprint density at radius 3 is 1.82 bits per heavy atom. The second-order valence-corrected chi connectivity index (χ2v) is 7.77. The summed E-state index contributed by atoms with van der Waals surface area (Å²) in [7, 11) is 0. The minimum absolute atomic E-state index is 0.998. The molecule has 0 saturated carbocycles. The van der Waals surface area contributed by atoms with Crippen molar-refractivity contribution in [3.8, 4) is 0 Å². The van der Waals surface area contributed by atoms with Gasteiger partial charge < -0.3 is 11.6 Å². The first kappa shape index (κ1) is 22.8. The highest BCUT2D eigenvalue weighted by Crippen LogP contribution is 2.25. The van der Waals surface area contributed by atoms with E-state index < -0.39 is 0 Å². The lowest BCUT2D eigenvalue weighted by Crippen LogP contribution is -1.92. The molecule has 0 aliphatic carbocycles. The zero-order valence-corrected chi connectivity index (χ0v) is 17.9. The van der Waals surface area contributed by atoms with Crippen LogP contribution >= 0.6 is 34.2 Å². The summed E-state index contributed by atoms with van der Waals surface area (Å²) in [4.78, 5) is 0. The Labute approximate surface area is 159 Å². The van der Waals surface area contributed by atoms with Gasteiger partial charge in [-0.1, -0.05) is 107 Å². The van der Waals surface area contributed by atoms with E-state index in [4.69, 9.17) is 11.6 Å². The minimum Gasteiger partial charge on any atom is -0.345 e. The van der Waals surface area contributed by atoms with Crippen molar-refractivity contribution >= 4 is 34.2 Å². The molecular formula is C20H37ClI-. The molecule has 0 aliphatic rings. The van der Waals surface area contributed by atoms with E-state index in [1.807, 2.05) is 0 Å². The molecule has 0 radical (unpaired) electrons. The predicted molar refractivity (Wildman–Crippen MR) is 112 cm³/mol. The van der Waals surface area contributed by atoms with Crippen LogP contribution in [0.2, 0.25) is 0 Å². The maximum atomic E-state index is 6.21. The molecule has 0 heterocycles. The third kappa shape index (κ3) is 15.6. The first-order chi connectivity index (χ1) is 10.7. The molecule has 22 heavy (non-hydrogen) atoms. The molecule has 0 aromatic rings. The van der Waals surface area contributed by atoms with E-state index in [0.29, 0.717) is 0 Å². The molecule has 132 valence electrons. The van der Waals surface area contributed by atoms with Crippen molar-refractivity contribution in [1.29, 1.82) is 0 Å². The molecule has 0 spiro atoms. The minimum atomic E-state index is 0.998. The quantitative estimate of drug-likeness (QED) is 0.0742. The molecular weight excluding hydrogens is 403 g/mol. The highest BCUT2D eigenvalue weighted by atomic mass is 127. The van der Waals surface area contributed by atoms with Crippen LogP contribution in [0, 0.1) is 5.38 Å². The van der Waals surface area contributed by atoms with Crippen molar-refractivity contribution in [2.45, 2.75) is 104 Å². The Balaban J connectivity index is 3.44.